The minimum atomic E-state index is -0.629. The molecule has 0 N–H and O–H groups in total. The normalized spacial score (nSPS) is 26.6. The SMILES string of the molecule is CC(=O)OC1C=CC([N+](=O)[O-])CCC1. The van der Waals surface area contributed by atoms with Crippen LogP contribution in [-0.2, 0) is 9.53 Å². The molecule has 1 rings (SSSR count). The zero-order chi connectivity index (χ0) is 10.6. The van der Waals surface area contributed by atoms with Gasteiger partial charge in [0.1, 0.15) is 6.10 Å². The van der Waals surface area contributed by atoms with Crippen LogP contribution in [0.2, 0.25) is 0 Å². The molecule has 0 aliphatic heterocycles. The summed E-state index contributed by atoms with van der Waals surface area (Å²) in [6, 6.07) is -0.629. The minimum Gasteiger partial charge on any atom is -0.458 e. The van der Waals surface area contributed by atoms with Gasteiger partial charge in [-0.25, -0.2) is 0 Å². The van der Waals surface area contributed by atoms with Gasteiger partial charge in [0.2, 0.25) is 6.04 Å². The van der Waals surface area contributed by atoms with E-state index in [9.17, 15) is 14.9 Å². The largest absolute Gasteiger partial charge is 0.458 e. The summed E-state index contributed by atoms with van der Waals surface area (Å²) in [5.41, 5.74) is 0. The summed E-state index contributed by atoms with van der Waals surface area (Å²) < 4.78 is 4.95. The van der Waals surface area contributed by atoms with Gasteiger partial charge in [-0.15, -0.1) is 0 Å². The Morgan fingerprint density at radius 3 is 2.79 bits per heavy atom. The molecule has 0 fully saturated rings. The number of nitrogens with zero attached hydrogens (tertiary/aromatic N) is 1. The van der Waals surface area contributed by atoms with Crippen LogP contribution in [0.5, 0.6) is 0 Å². The number of ether oxygens (including phenoxy) is 1. The Labute approximate surface area is 81.9 Å². The lowest BCUT2D eigenvalue weighted by molar-refractivity contribution is -0.510. The minimum absolute atomic E-state index is 0.294. The molecule has 2 atom stereocenters. The first-order chi connectivity index (χ1) is 6.59. The second-order valence-corrected chi connectivity index (χ2v) is 3.32. The third-order valence-corrected chi connectivity index (χ3v) is 2.12. The third kappa shape index (κ3) is 3.16. The maximum absolute atomic E-state index is 10.6. The summed E-state index contributed by atoms with van der Waals surface area (Å²) in [5, 5.41) is 10.5. The molecule has 0 spiro atoms. The fraction of sp³-hybridized carbons (Fsp3) is 0.667. The Bertz CT molecular complexity index is 262. The van der Waals surface area contributed by atoms with Gasteiger partial charge in [-0.05, 0) is 25.0 Å². The molecule has 1 aliphatic carbocycles. The Morgan fingerprint density at radius 2 is 2.21 bits per heavy atom. The summed E-state index contributed by atoms with van der Waals surface area (Å²) in [6.07, 6.45) is 4.72. The van der Waals surface area contributed by atoms with E-state index >= 15 is 0 Å². The van der Waals surface area contributed by atoms with E-state index in [-0.39, 0.29) is 17.0 Å². The standard InChI is InChI=1S/C9H13NO4/c1-7(11)14-9-4-2-3-8(5-6-9)10(12)13/h5-6,8-9H,2-4H2,1H3. The van der Waals surface area contributed by atoms with E-state index in [1.54, 1.807) is 6.08 Å². The van der Waals surface area contributed by atoms with Gasteiger partial charge >= 0.3 is 5.97 Å². The molecule has 0 bridgehead atoms. The average Bonchev–Trinajstić information content (AvgIpc) is 2.28. The highest BCUT2D eigenvalue weighted by Gasteiger charge is 2.21. The van der Waals surface area contributed by atoms with Crippen LogP contribution in [0, 0.1) is 10.1 Å². The van der Waals surface area contributed by atoms with E-state index in [0.717, 1.165) is 0 Å². The van der Waals surface area contributed by atoms with Gasteiger partial charge < -0.3 is 4.74 Å². The number of rotatable bonds is 2. The molecule has 78 valence electrons. The molecular weight excluding hydrogens is 186 g/mol. The molecule has 5 heteroatoms. The molecule has 0 saturated carbocycles. The Balaban J connectivity index is 2.55. The van der Waals surface area contributed by atoms with Crippen LogP contribution in [0.3, 0.4) is 0 Å². The second kappa shape index (κ2) is 4.74. The average molecular weight is 199 g/mol. The maximum atomic E-state index is 10.6. The van der Waals surface area contributed by atoms with E-state index in [1.807, 2.05) is 0 Å². The van der Waals surface area contributed by atoms with Crippen molar-refractivity contribution in [2.75, 3.05) is 0 Å². The highest BCUT2D eigenvalue weighted by molar-refractivity contribution is 5.66. The Hall–Kier alpha value is -1.39. The Morgan fingerprint density at radius 1 is 1.50 bits per heavy atom. The first kappa shape index (κ1) is 10.7. The third-order valence-electron chi connectivity index (χ3n) is 2.12. The number of carbonyl (C=O) groups is 1. The Kier molecular flexibility index (Phi) is 3.62. The molecular formula is C9H13NO4. The van der Waals surface area contributed by atoms with Gasteiger partial charge in [0.25, 0.3) is 0 Å². The van der Waals surface area contributed by atoms with Gasteiger partial charge in [0, 0.05) is 18.3 Å². The summed E-state index contributed by atoms with van der Waals surface area (Å²) in [4.78, 5) is 20.8. The van der Waals surface area contributed by atoms with E-state index in [2.05, 4.69) is 0 Å². The van der Waals surface area contributed by atoms with Crippen molar-refractivity contribution >= 4 is 5.97 Å². The molecule has 0 heterocycles. The fourth-order valence-corrected chi connectivity index (χ4v) is 1.46. The zero-order valence-electron chi connectivity index (χ0n) is 8.01. The summed E-state index contributed by atoms with van der Waals surface area (Å²) in [6.45, 7) is 1.34. The van der Waals surface area contributed by atoms with Crippen molar-refractivity contribution in [3.05, 3.63) is 22.3 Å². The van der Waals surface area contributed by atoms with Crippen LogP contribution >= 0.6 is 0 Å². The molecule has 0 radical (unpaired) electrons. The molecule has 1 aliphatic rings. The molecule has 0 saturated heterocycles. The van der Waals surface area contributed by atoms with E-state index in [4.69, 9.17) is 4.74 Å². The lowest BCUT2D eigenvalue weighted by Crippen LogP contribution is -2.15. The molecule has 0 aromatic carbocycles. The first-order valence-corrected chi connectivity index (χ1v) is 4.58. The number of hydrogen-bond donors (Lipinski definition) is 0. The van der Waals surface area contributed by atoms with Crippen molar-refractivity contribution in [2.45, 2.75) is 38.3 Å². The van der Waals surface area contributed by atoms with Gasteiger partial charge in [-0.2, -0.15) is 0 Å². The van der Waals surface area contributed by atoms with Crippen molar-refractivity contribution < 1.29 is 14.5 Å². The van der Waals surface area contributed by atoms with Crippen molar-refractivity contribution in [3.63, 3.8) is 0 Å². The van der Waals surface area contributed by atoms with E-state index < -0.39 is 6.04 Å². The quantitative estimate of drug-likeness (QED) is 0.291. The van der Waals surface area contributed by atoms with Gasteiger partial charge in [0.05, 0.1) is 0 Å². The van der Waals surface area contributed by atoms with E-state index in [1.165, 1.54) is 13.0 Å². The number of carbonyl (C=O) groups excluding carboxylic acids is 1. The molecule has 14 heavy (non-hydrogen) atoms. The molecule has 0 aromatic rings. The van der Waals surface area contributed by atoms with Crippen LogP contribution in [-0.4, -0.2) is 23.0 Å². The van der Waals surface area contributed by atoms with Crippen molar-refractivity contribution in [1.29, 1.82) is 0 Å². The summed E-state index contributed by atoms with van der Waals surface area (Å²) in [7, 11) is 0. The molecule has 0 amide bonds. The number of nitro groups is 1. The summed E-state index contributed by atoms with van der Waals surface area (Å²) in [5.74, 6) is -0.348. The zero-order valence-corrected chi connectivity index (χ0v) is 8.01. The van der Waals surface area contributed by atoms with Crippen LogP contribution in [0.25, 0.3) is 0 Å². The van der Waals surface area contributed by atoms with Gasteiger partial charge in [-0.3, -0.25) is 14.9 Å². The fourth-order valence-electron chi connectivity index (χ4n) is 1.46. The smallest absolute Gasteiger partial charge is 0.303 e. The van der Waals surface area contributed by atoms with Crippen LogP contribution in [0.1, 0.15) is 26.2 Å². The lowest BCUT2D eigenvalue weighted by atomic mass is 10.1. The monoisotopic (exact) mass is 199 g/mol. The first-order valence-electron chi connectivity index (χ1n) is 4.58. The maximum Gasteiger partial charge on any atom is 0.303 e. The topological polar surface area (TPSA) is 69.4 Å². The molecule has 2 unspecified atom stereocenters. The lowest BCUT2D eigenvalue weighted by Gasteiger charge is -2.09. The predicted octanol–water partition coefficient (Wildman–Crippen LogP) is 1.30. The summed E-state index contributed by atoms with van der Waals surface area (Å²) >= 11 is 0. The van der Waals surface area contributed by atoms with Crippen molar-refractivity contribution in [1.82, 2.24) is 0 Å². The van der Waals surface area contributed by atoms with E-state index in [0.29, 0.717) is 19.3 Å². The highest BCUT2D eigenvalue weighted by Crippen LogP contribution is 2.16. The number of esters is 1. The predicted molar refractivity (Wildman–Crippen MR) is 49.3 cm³/mol. The van der Waals surface area contributed by atoms with Crippen LogP contribution in [0.4, 0.5) is 0 Å². The van der Waals surface area contributed by atoms with Gasteiger partial charge in [-0.1, -0.05) is 0 Å². The molecule has 5 nitrogen and oxygen atoms in total. The van der Waals surface area contributed by atoms with Gasteiger partial charge in [0.15, 0.2) is 0 Å². The number of hydrogen-bond acceptors (Lipinski definition) is 4. The molecule has 0 aromatic heterocycles. The van der Waals surface area contributed by atoms with Crippen molar-refractivity contribution in [2.24, 2.45) is 0 Å². The van der Waals surface area contributed by atoms with Crippen molar-refractivity contribution in [3.8, 4) is 0 Å². The second-order valence-electron chi connectivity index (χ2n) is 3.32. The van der Waals surface area contributed by atoms with Crippen LogP contribution < -0.4 is 0 Å². The van der Waals surface area contributed by atoms with Crippen LogP contribution in [0.15, 0.2) is 12.2 Å². The highest BCUT2D eigenvalue weighted by atomic mass is 16.6.